The number of halogens is 1. The monoisotopic (exact) mass is 482 g/mol. The topological polar surface area (TPSA) is 99.7 Å². The van der Waals surface area contributed by atoms with Crippen LogP contribution in [0.5, 0.6) is 0 Å². The smallest absolute Gasteiger partial charge is 0.305 e. The first-order valence-electron chi connectivity index (χ1n) is 11.3. The predicted molar refractivity (Wildman–Crippen MR) is 136 cm³/mol. The van der Waals surface area contributed by atoms with Gasteiger partial charge in [0, 0.05) is 36.5 Å². The quantitative estimate of drug-likeness (QED) is 0.355. The second kappa shape index (κ2) is 11.2. The van der Waals surface area contributed by atoms with Gasteiger partial charge in [-0.3, -0.25) is 15.0 Å². The lowest BCUT2D eigenvalue weighted by atomic mass is 9.91. The number of likely N-dealkylation sites (tertiary alicyclic amines) is 1. The van der Waals surface area contributed by atoms with Crippen molar-refractivity contribution in [2.75, 3.05) is 31.6 Å². The summed E-state index contributed by atoms with van der Waals surface area (Å²) in [5.41, 5.74) is 9.73. The predicted octanol–water partition coefficient (Wildman–Crippen LogP) is 3.82. The molecule has 4 rings (SSSR count). The van der Waals surface area contributed by atoms with Crippen LogP contribution in [0.2, 0.25) is 0 Å². The maximum absolute atomic E-state index is 13.6. The zero-order chi connectivity index (χ0) is 23.4. The normalized spacial score (nSPS) is 16.4. The van der Waals surface area contributed by atoms with Gasteiger partial charge >= 0.3 is 5.97 Å². The Labute approximate surface area is 206 Å². The number of benzene rings is 2. The van der Waals surface area contributed by atoms with E-state index in [1.165, 1.54) is 7.11 Å². The Morgan fingerprint density at radius 2 is 1.74 bits per heavy atom. The maximum Gasteiger partial charge on any atom is 0.305 e. The molecule has 0 radical (unpaired) electrons. The summed E-state index contributed by atoms with van der Waals surface area (Å²) in [5, 5.41) is 7.60. The fourth-order valence-electron chi connectivity index (χ4n) is 4.66. The minimum absolute atomic E-state index is 0. The van der Waals surface area contributed by atoms with Crippen LogP contribution in [0, 0.1) is 11.3 Å². The lowest BCUT2D eigenvalue weighted by Crippen LogP contribution is -2.35. The first kappa shape index (κ1) is 25.3. The molecule has 1 saturated heterocycles. The molecular formula is C26H31ClN4O3. The van der Waals surface area contributed by atoms with Crippen LogP contribution in [0.25, 0.3) is 5.57 Å². The van der Waals surface area contributed by atoms with Gasteiger partial charge in [-0.1, -0.05) is 30.3 Å². The number of hydrogen-bond acceptors (Lipinski definition) is 5. The molecule has 2 aliphatic rings. The minimum atomic E-state index is -0.153. The second-order valence-corrected chi connectivity index (χ2v) is 8.58. The zero-order valence-corrected chi connectivity index (χ0v) is 20.1. The number of nitrogens with one attached hydrogen (secondary N) is 1. The van der Waals surface area contributed by atoms with E-state index in [2.05, 4.69) is 4.90 Å². The van der Waals surface area contributed by atoms with Gasteiger partial charge in [-0.2, -0.15) is 0 Å². The number of anilines is 1. The van der Waals surface area contributed by atoms with E-state index in [1.54, 1.807) is 17.0 Å². The van der Waals surface area contributed by atoms with Crippen molar-refractivity contribution in [3.63, 3.8) is 0 Å². The highest BCUT2D eigenvalue weighted by atomic mass is 35.5. The van der Waals surface area contributed by atoms with Crippen molar-refractivity contribution in [2.45, 2.75) is 25.7 Å². The van der Waals surface area contributed by atoms with Crippen LogP contribution in [0.1, 0.15) is 36.8 Å². The lowest BCUT2D eigenvalue weighted by molar-refractivity contribution is -0.141. The number of nitrogen functional groups attached to an aromatic ring is 1. The van der Waals surface area contributed by atoms with Crippen LogP contribution >= 0.6 is 12.4 Å². The van der Waals surface area contributed by atoms with E-state index in [1.807, 2.05) is 42.5 Å². The molecule has 0 atom stereocenters. The molecule has 0 spiro atoms. The molecule has 0 saturated carbocycles. The van der Waals surface area contributed by atoms with Gasteiger partial charge in [0.2, 0.25) is 0 Å². The molecule has 1 fully saturated rings. The Morgan fingerprint density at radius 1 is 1.09 bits per heavy atom. The highest BCUT2D eigenvalue weighted by molar-refractivity contribution is 6.29. The van der Waals surface area contributed by atoms with Crippen molar-refractivity contribution in [3.8, 4) is 0 Å². The van der Waals surface area contributed by atoms with Gasteiger partial charge in [0.1, 0.15) is 5.84 Å². The second-order valence-electron chi connectivity index (χ2n) is 8.58. The van der Waals surface area contributed by atoms with Gasteiger partial charge in [0.15, 0.2) is 0 Å². The van der Waals surface area contributed by atoms with Crippen LogP contribution in [-0.4, -0.2) is 49.4 Å². The average molecular weight is 483 g/mol. The van der Waals surface area contributed by atoms with E-state index in [-0.39, 0.29) is 30.1 Å². The molecule has 0 aliphatic carbocycles. The maximum atomic E-state index is 13.6. The van der Waals surface area contributed by atoms with Crippen LogP contribution in [0.3, 0.4) is 0 Å². The third-order valence-electron chi connectivity index (χ3n) is 6.59. The number of carbonyl (C=O) groups is 2. The molecule has 0 unspecified atom stereocenters. The molecule has 1 amide bonds. The van der Waals surface area contributed by atoms with E-state index in [4.69, 9.17) is 15.9 Å². The number of nitrogens with zero attached hydrogens (tertiary/aromatic N) is 2. The van der Waals surface area contributed by atoms with E-state index in [9.17, 15) is 9.59 Å². The summed E-state index contributed by atoms with van der Waals surface area (Å²) in [6, 6.07) is 17.1. The SMILES string of the molecule is COC(=O)CCC1CCN(C2=C(c3ccccc3)C(=O)N(c3ccc(C(=N)N)cc3)C2)CC1.Cl. The highest BCUT2D eigenvalue weighted by Crippen LogP contribution is 2.36. The first-order chi connectivity index (χ1) is 16.0. The molecule has 0 aromatic heterocycles. The van der Waals surface area contributed by atoms with Crippen molar-refractivity contribution in [1.82, 2.24) is 4.90 Å². The Morgan fingerprint density at radius 3 is 2.32 bits per heavy atom. The Kier molecular flexibility index (Phi) is 8.34. The Hall–Kier alpha value is -3.32. The van der Waals surface area contributed by atoms with Crippen LogP contribution in [-0.2, 0) is 14.3 Å². The fourth-order valence-corrected chi connectivity index (χ4v) is 4.66. The van der Waals surface area contributed by atoms with Crippen molar-refractivity contribution >= 4 is 41.4 Å². The van der Waals surface area contributed by atoms with Crippen molar-refractivity contribution in [3.05, 3.63) is 71.4 Å². The molecule has 2 heterocycles. The summed E-state index contributed by atoms with van der Waals surface area (Å²) in [6.45, 7) is 2.24. The number of methoxy groups -OCH3 is 1. The summed E-state index contributed by atoms with van der Waals surface area (Å²) < 4.78 is 4.77. The number of esters is 1. The van der Waals surface area contributed by atoms with Crippen molar-refractivity contribution < 1.29 is 14.3 Å². The van der Waals surface area contributed by atoms with Crippen LogP contribution < -0.4 is 10.6 Å². The molecule has 180 valence electrons. The van der Waals surface area contributed by atoms with Gasteiger partial charge in [-0.15, -0.1) is 12.4 Å². The number of piperidine rings is 1. The molecule has 8 heteroatoms. The van der Waals surface area contributed by atoms with Gasteiger partial charge in [-0.05, 0) is 55.0 Å². The summed E-state index contributed by atoms with van der Waals surface area (Å²) in [7, 11) is 1.43. The number of hydrogen-bond donors (Lipinski definition) is 2. The Balaban J connectivity index is 0.00000324. The summed E-state index contributed by atoms with van der Waals surface area (Å²) in [4.78, 5) is 29.2. The van der Waals surface area contributed by atoms with E-state index in [0.717, 1.165) is 54.9 Å². The number of nitrogens with two attached hydrogens (primary N) is 1. The van der Waals surface area contributed by atoms with Crippen LogP contribution in [0.15, 0.2) is 60.3 Å². The molecule has 2 aromatic rings. The van der Waals surface area contributed by atoms with E-state index >= 15 is 0 Å². The average Bonchev–Trinajstić information content (AvgIpc) is 3.20. The molecule has 7 nitrogen and oxygen atoms in total. The van der Waals surface area contributed by atoms with Crippen LogP contribution in [0.4, 0.5) is 5.69 Å². The fraction of sp³-hybridized carbons (Fsp3) is 0.346. The molecule has 2 aromatic carbocycles. The molecule has 34 heavy (non-hydrogen) atoms. The number of ether oxygens (including phenoxy) is 1. The highest BCUT2D eigenvalue weighted by Gasteiger charge is 2.36. The van der Waals surface area contributed by atoms with E-state index < -0.39 is 0 Å². The standard InChI is InChI=1S/C26H30N4O3.ClH/c1-33-23(31)12-7-18-13-15-29(16-14-18)22-17-30(21-10-8-20(9-11-21)25(27)28)26(32)24(22)19-5-3-2-4-6-19;/h2-6,8-11,18H,7,12-17H2,1H3,(H3,27,28);1H. The summed E-state index contributed by atoms with van der Waals surface area (Å²) in [6.07, 6.45) is 3.29. The summed E-state index contributed by atoms with van der Waals surface area (Å²) in [5.74, 6) is 0.334. The van der Waals surface area contributed by atoms with Gasteiger partial charge < -0.3 is 20.3 Å². The number of rotatable bonds is 7. The third kappa shape index (κ3) is 5.42. The minimum Gasteiger partial charge on any atom is -0.469 e. The third-order valence-corrected chi connectivity index (χ3v) is 6.59. The lowest BCUT2D eigenvalue weighted by Gasteiger charge is -2.35. The zero-order valence-electron chi connectivity index (χ0n) is 19.3. The number of amidine groups is 1. The van der Waals surface area contributed by atoms with Crippen molar-refractivity contribution in [2.24, 2.45) is 11.7 Å². The Bertz CT molecular complexity index is 1060. The number of amides is 1. The van der Waals surface area contributed by atoms with Gasteiger partial charge in [0.05, 0.1) is 19.2 Å². The molecule has 3 N–H and O–H groups in total. The van der Waals surface area contributed by atoms with Gasteiger partial charge in [-0.25, -0.2) is 0 Å². The molecular weight excluding hydrogens is 452 g/mol. The largest absolute Gasteiger partial charge is 0.469 e. The van der Waals surface area contributed by atoms with E-state index in [0.29, 0.717) is 24.4 Å². The summed E-state index contributed by atoms with van der Waals surface area (Å²) >= 11 is 0. The van der Waals surface area contributed by atoms with Gasteiger partial charge in [0.25, 0.3) is 5.91 Å². The van der Waals surface area contributed by atoms with Crippen molar-refractivity contribution in [1.29, 1.82) is 5.41 Å². The number of carbonyl (C=O) groups excluding carboxylic acids is 2. The first-order valence-corrected chi connectivity index (χ1v) is 11.3. The molecule has 0 bridgehead atoms. The molecule has 2 aliphatic heterocycles.